The van der Waals surface area contributed by atoms with Crippen molar-refractivity contribution < 1.29 is 36.7 Å². The average molecular weight is 640 g/mol. The second-order valence-electron chi connectivity index (χ2n) is 10.9. The summed E-state index contributed by atoms with van der Waals surface area (Å²) in [6.45, 7) is 2.79. The number of aromatic nitrogens is 5. The van der Waals surface area contributed by atoms with Crippen LogP contribution in [0.25, 0.3) is 11.4 Å². The SMILES string of the molecule is COC(=O)Nc1cnc(-c2ccccc2)n(CC(=O)N[C@H](C(=O)c2nnc(C3(c4ccc(C(F)(F)F)cn4)CC3)o2)C(C)C)c1=O. The third-order valence-corrected chi connectivity index (χ3v) is 7.44. The van der Waals surface area contributed by atoms with Crippen LogP contribution in [0.15, 0.2) is 64.1 Å². The number of pyridine rings is 1. The van der Waals surface area contributed by atoms with Gasteiger partial charge < -0.3 is 14.5 Å². The van der Waals surface area contributed by atoms with E-state index in [0.29, 0.717) is 24.1 Å². The molecule has 240 valence electrons. The van der Waals surface area contributed by atoms with E-state index in [-0.39, 0.29) is 17.4 Å². The molecule has 0 spiro atoms. The topological polar surface area (TPSA) is 171 Å². The van der Waals surface area contributed by atoms with Crippen molar-refractivity contribution in [1.29, 1.82) is 0 Å². The van der Waals surface area contributed by atoms with Crippen LogP contribution in [-0.2, 0) is 27.7 Å². The molecule has 1 atom stereocenters. The van der Waals surface area contributed by atoms with Gasteiger partial charge in [-0.05, 0) is 30.9 Å². The molecule has 1 aromatic carbocycles. The lowest BCUT2D eigenvalue weighted by molar-refractivity contribution is -0.137. The van der Waals surface area contributed by atoms with Gasteiger partial charge in [-0.15, -0.1) is 10.2 Å². The summed E-state index contributed by atoms with van der Waals surface area (Å²) in [5, 5.41) is 12.8. The van der Waals surface area contributed by atoms with Crippen molar-refractivity contribution in [2.45, 2.75) is 50.9 Å². The monoisotopic (exact) mass is 639 g/mol. The van der Waals surface area contributed by atoms with Crippen LogP contribution in [0.5, 0.6) is 0 Å². The lowest BCUT2D eigenvalue weighted by Crippen LogP contribution is -2.46. The fourth-order valence-electron chi connectivity index (χ4n) is 4.80. The molecule has 0 aliphatic heterocycles. The van der Waals surface area contributed by atoms with E-state index in [2.05, 4.69) is 35.5 Å². The Morgan fingerprint density at radius 2 is 1.76 bits per heavy atom. The maximum Gasteiger partial charge on any atom is 0.417 e. The first-order valence-electron chi connectivity index (χ1n) is 14.1. The molecule has 0 radical (unpaired) electrons. The third-order valence-electron chi connectivity index (χ3n) is 7.44. The number of carbonyl (C=O) groups excluding carboxylic acids is 3. The number of alkyl halides is 3. The Bertz CT molecular complexity index is 1820. The molecule has 3 heterocycles. The van der Waals surface area contributed by atoms with Crippen molar-refractivity contribution in [3.8, 4) is 11.4 Å². The molecule has 1 aliphatic rings. The van der Waals surface area contributed by atoms with Crippen molar-refractivity contribution in [1.82, 2.24) is 30.0 Å². The molecule has 1 fully saturated rings. The highest BCUT2D eigenvalue weighted by Crippen LogP contribution is 2.52. The van der Waals surface area contributed by atoms with Gasteiger partial charge in [0.25, 0.3) is 11.4 Å². The van der Waals surface area contributed by atoms with Gasteiger partial charge in [-0.2, -0.15) is 13.2 Å². The highest BCUT2D eigenvalue weighted by molar-refractivity contribution is 5.98. The van der Waals surface area contributed by atoms with Gasteiger partial charge in [0.1, 0.15) is 18.1 Å². The number of nitrogens with one attached hydrogen (secondary N) is 2. The van der Waals surface area contributed by atoms with E-state index in [9.17, 15) is 32.3 Å². The number of methoxy groups -OCH3 is 1. The van der Waals surface area contributed by atoms with Gasteiger partial charge in [0, 0.05) is 11.8 Å². The van der Waals surface area contributed by atoms with Crippen LogP contribution in [0.2, 0.25) is 0 Å². The highest BCUT2D eigenvalue weighted by Gasteiger charge is 2.52. The molecule has 5 rings (SSSR count). The number of ether oxygens (including phenoxy) is 1. The number of carbonyl (C=O) groups is 3. The summed E-state index contributed by atoms with van der Waals surface area (Å²) in [4.78, 5) is 60.1. The maximum absolute atomic E-state index is 13.5. The number of benzene rings is 1. The fraction of sp³-hybridized carbons (Fsp3) is 0.333. The quantitative estimate of drug-likeness (QED) is 0.242. The van der Waals surface area contributed by atoms with Crippen molar-refractivity contribution in [2.75, 3.05) is 12.4 Å². The molecular weight excluding hydrogens is 611 g/mol. The number of ketones is 1. The zero-order chi connectivity index (χ0) is 33.2. The predicted molar refractivity (Wildman–Crippen MR) is 155 cm³/mol. The zero-order valence-corrected chi connectivity index (χ0v) is 24.8. The van der Waals surface area contributed by atoms with Crippen LogP contribution in [0.4, 0.5) is 23.7 Å². The Kier molecular flexibility index (Phi) is 8.72. The Balaban J connectivity index is 1.37. The minimum Gasteiger partial charge on any atom is -0.453 e. The summed E-state index contributed by atoms with van der Waals surface area (Å²) in [6.07, 6.45) is -2.62. The van der Waals surface area contributed by atoms with Crippen molar-refractivity contribution in [2.24, 2.45) is 5.92 Å². The van der Waals surface area contributed by atoms with Gasteiger partial charge in [-0.25, -0.2) is 9.78 Å². The van der Waals surface area contributed by atoms with E-state index in [0.717, 1.165) is 30.1 Å². The van der Waals surface area contributed by atoms with E-state index in [1.807, 2.05) is 0 Å². The number of halogens is 3. The second-order valence-corrected chi connectivity index (χ2v) is 10.9. The molecule has 1 saturated carbocycles. The van der Waals surface area contributed by atoms with Crippen LogP contribution >= 0.6 is 0 Å². The molecule has 0 unspecified atom stereocenters. The normalized spacial score (nSPS) is 14.4. The number of Topliss-reactive ketones (excluding diaryl/α,β-unsaturated/α-hetero) is 1. The van der Waals surface area contributed by atoms with Crippen LogP contribution in [0.3, 0.4) is 0 Å². The van der Waals surface area contributed by atoms with Gasteiger partial charge in [-0.1, -0.05) is 44.2 Å². The van der Waals surface area contributed by atoms with Crippen molar-refractivity contribution in [3.05, 3.63) is 88.3 Å². The minimum absolute atomic E-state index is 0.0250. The number of hydrogen-bond acceptors (Lipinski definition) is 10. The minimum atomic E-state index is -4.54. The summed E-state index contributed by atoms with van der Waals surface area (Å²) >= 11 is 0. The van der Waals surface area contributed by atoms with E-state index in [4.69, 9.17) is 4.42 Å². The zero-order valence-electron chi connectivity index (χ0n) is 24.8. The molecule has 0 bridgehead atoms. The highest BCUT2D eigenvalue weighted by atomic mass is 19.4. The number of amides is 2. The number of anilines is 1. The summed E-state index contributed by atoms with van der Waals surface area (Å²) in [6, 6.07) is 9.58. The van der Waals surface area contributed by atoms with Gasteiger partial charge in [0.05, 0.1) is 36.0 Å². The smallest absolute Gasteiger partial charge is 0.417 e. The molecule has 4 aromatic rings. The maximum atomic E-state index is 13.5. The Morgan fingerprint density at radius 3 is 2.35 bits per heavy atom. The van der Waals surface area contributed by atoms with Crippen LogP contribution in [-0.4, -0.2) is 55.7 Å². The predicted octanol–water partition coefficient (Wildman–Crippen LogP) is 3.99. The molecular formula is C30H28F3N7O6. The summed E-state index contributed by atoms with van der Waals surface area (Å²) in [7, 11) is 1.12. The first kappa shape index (κ1) is 32.0. The first-order chi connectivity index (χ1) is 21.8. The molecule has 3 aromatic heterocycles. The molecule has 1 aliphatic carbocycles. The van der Waals surface area contributed by atoms with Gasteiger partial charge in [0.15, 0.2) is 0 Å². The van der Waals surface area contributed by atoms with E-state index >= 15 is 0 Å². The molecule has 0 saturated heterocycles. The van der Waals surface area contributed by atoms with Crippen molar-refractivity contribution >= 4 is 23.5 Å². The van der Waals surface area contributed by atoms with E-state index in [1.165, 1.54) is 6.07 Å². The number of rotatable bonds is 10. The van der Waals surface area contributed by atoms with Gasteiger partial charge in [-0.3, -0.25) is 29.3 Å². The second kappa shape index (κ2) is 12.5. The lowest BCUT2D eigenvalue weighted by Gasteiger charge is -2.21. The van der Waals surface area contributed by atoms with Crippen LogP contribution in [0.1, 0.15) is 54.5 Å². The molecule has 2 N–H and O–H groups in total. The summed E-state index contributed by atoms with van der Waals surface area (Å²) in [5.41, 5.74) is -1.97. The first-order valence-corrected chi connectivity index (χ1v) is 14.1. The summed E-state index contributed by atoms with van der Waals surface area (Å²) in [5.74, 6) is -2.13. The average Bonchev–Trinajstić information content (AvgIpc) is 3.69. The van der Waals surface area contributed by atoms with E-state index < -0.39 is 64.9 Å². The lowest BCUT2D eigenvalue weighted by atomic mass is 9.99. The van der Waals surface area contributed by atoms with Gasteiger partial charge in [0.2, 0.25) is 17.6 Å². The van der Waals surface area contributed by atoms with Gasteiger partial charge >= 0.3 is 12.3 Å². The fourth-order valence-corrected chi connectivity index (χ4v) is 4.80. The Labute approximate surface area is 259 Å². The summed E-state index contributed by atoms with van der Waals surface area (Å²) < 4.78 is 50.3. The van der Waals surface area contributed by atoms with E-state index in [1.54, 1.807) is 44.2 Å². The van der Waals surface area contributed by atoms with Crippen molar-refractivity contribution in [3.63, 3.8) is 0 Å². The number of nitrogens with zero attached hydrogens (tertiary/aromatic N) is 5. The molecule has 13 nitrogen and oxygen atoms in total. The molecule has 2 amide bonds. The molecule has 46 heavy (non-hydrogen) atoms. The van der Waals surface area contributed by atoms with Crippen LogP contribution in [0, 0.1) is 5.92 Å². The third kappa shape index (κ3) is 6.50. The number of hydrogen-bond donors (Lipinski definition) is 2. The largest absolute Gasteiger partial charge is 0.453 e. The Hall–Kier alpha value is -5.41. The molecule has 16 heteroatoms. The standard InChI is InChI=1S/C30H28F3N7O6/c1-16(2)22(23(42)25-38-39-27(46-25)29(11-12-29)20-10-9-18(13-34-20)30(31,32)33)37-21(41)15-40-24(17-7-5-4-6-8-17)35-14-19(26(40)43)36-28(44)45-3/h4-10,13-14,16,22H,11-12,15H2,1-3H3,(H,36,44)(H,37,41)/t22-/m0/s1. The Morgan fingerprint density at radius 1 is 1.04 bits per heavy atom. The van der Waals surface area contributed by atoms with Crippen LogP contribution < -0.4 is 16.2 Å².